The monoisotopic (exact) mass is 291 g/mol. The Morgan fingerprint density at radius 2 is 2.00 bits per heavy atom. The van der Waals surface area contributed by atoms with Gasteiger partial charge in [-0.15, -0.1) is 18.3 Å². The van der Waals surface area contributed by atoms with Gasteiger partial charge in [0.05, 0.1) is 4.91 Å². The van der Waals surface area contributed by atoms with E-state index in [2.05, 4.69) is 6.58 Å². The van der Waals surface area contributed by atoms with Crippen molar-refractivity contribution in [1.29, 1.82) is 0 Å². The first-order chi connectivity index (χ1) is 9.15. The maximum atomic E-state index is 12.0. The summed E-state index contributed by atoms with van der Waals surface area (Å²) in [5, 5.41) is -0.239. The van der Waals surface area contributed by atoms with Crippen molar-refractivity contribution < 1.29 is 9.59 Å². The molecule has 1 saturated heterocycles. The number of amides is 2. The van der Waals surface area contributed by atoms with Gasteiger partial charge in [-0.2, -0.15) is 0 Å². The fourth-order valence-corrected chi connectivity index (χ4v) is 2.89. The van der Waals surface area contributed by atoms with Crippen LogP contribution in [0.15, 0.2) is 46.7 Å². The summed E-state index contributed by atoms with van der Waals surface area (Å²) in [6.07, 6.45) is 5.31. The highest BCUT2D eigenvalue weighted by Gasteiger charge is 2.33. The third-order valence-electron chi connectivity index (χ3n) is 2.60. The van der Waals surface area contributed by atoms with Crippen LogP contribution >= 0.6 is 23.5 Å². The van der Waals surface area contributed by atoms with Crippen LogP contribution in [0, 0.1) is 0 Å². The molecule has 1 heterocycles. The van der Waals surface area contributed by atoms with Crippen LogP contribution in [0.2, 0.25) is 0 Å². The Morgan fingerprint density at radius 3 is 2.58 bits per heavy atom. The Morgan fingerprint density at radius 1 is 1.32 bits per heavy atom. The molecule has 0 atom stereocenters. The molecule has 1 aliphatic rings. The van der Waals surface area contributed by atoms with Crippen molar-refractivity contribution in [3.63, 3.8) is 0 Å². The van der Waals surface area contributed by atoms with E-state index in [1.807, 2.05) is 30.5 Å². The van der Waals surface area contributed by atoms with Gasteiger partial charge in [-0.1, -0.05) is 18.2 Å². The van der Waals surface area contributed by atoms with Crippen LogP contribution in [0.3, 0.4) is 0 Å². The summed E-state index contributed by atoms with van der Waals surface area (Å²) in [4.78, 5) is 26.5. The van der Waals surface area contributed by atoms with Crippen molar-refractivity contribution in [3.8, 4) is 0 Å². The van der Waals surface area contributed by atoms with Gasteiger partial charge in [0.1, 0.15) is 0 Å². The van der Waals surface area contributed by atoms with Gasteiger partial charge < -0.3 is 0 Å². The van der Waals surface area contributed by atoms with Crippen molar-refractivity contribution in [3.05, 3.63) is 47.4 Å². The van der Waals surface area contributed by atoms with E-state index in [1.165, 1.54) is 4.90 Å². The van der Waals surface area contributed by atoms with E-state index in [0.717, 1.165) is 22.2 Å². The molecule has 0 unspecified atom stereocenters. The third-order valence-corrected chi connectivity index (χ3v) is 4.25. The van der Waals surface area contributed by atoms with E-state index >= 15 is 0 Å². The molecule has 0 spiro atoms. The van der Waals surface area contributed by atoms with Crippen molar-refractivity contribution in [1.82, 2.24) is 4.90 Å². The van der Waals surface area contributed by atoms with E-state index in [0.29, 0.717) is 4.91 Å². The minimum atomic E-state index is -0.246. The molecule has 1 aromatic rings. The lowest BCUT2D eigenvalue weighted by Gasteiger charge is -2.07. The topological polar surface area (TPSA) is 37.4 Å². The Hall–Kier alpha value is -1.46. The molecule has 1 aliphatic heterocycles. The highest BCUT2D eigenvalue weighted by atomic mass is 32.2. The van der Waals surface area contributed by atoms with E-state index < -0.39 is 0 Å². The van der Waals surface area contributed by atoms with Crippen molar-refractivity contribution >= 4 is 40.7 Å². The minimum absolute atomic E-state index is 0.239. The normalized spacial score (nSPS) is 17.3. The summed E-state index contributed by atoms with van der Waals surface area (Å²) >= 11 is 2.63. The second kappa shape index (κ2) is 6.12. The van der Waals surface area contributed by atoms with E-state index in [-0.39, 0.29) is 17.7 Å². The van der Waals surface area contributed by atoms with Gasteiger partial charge >= 0.3 is 0 Å². The fourth-order valence-electron chi connectivity index (χ4n) is 1.64. The molecule has 2 amide bonds. The SMILES string of the molecule is C=CCN1C(=O)S/C(=C/c2ccc(SC)cc2)C1=O. The van der Waals surface area contributed by atoms with E-state index in [9.17, 15) is 9.59 Å². The van der Waals surface area contributed by atoms with Crippen LogP contribution < -0.4 is 0 Å². The number of thioether (sulfide) groups is 2. The van der Waals surface area contributed by atoms with Crippen molar-refractivity contribution in [2.24, 2.45) is 0 Å². The van der Waals surface area contributed by atoms with Crippen LogP contribution in [0.4, 0.5) is 4.79 Å². The number of hydrogen-bond donors (Lipinski definition) is 0. The second-order valence-corrected chi connectivity index (χ2v) is 5.73. The smallest absolute Gasteiger partial charge is 0.268 e. The summed E-state index contributed by atoms with van der Waals surface area (Å²) in [7, 11) is 0. The standard InChI is InChI=1S/C14H13NO2S2/c1-3-8-15-13(16)12(19-14(15)17)9-10-4-6-11(18-2)7-5-10/h3-7,9H,1,8H2,2H3/b12-9+. The number of benzene rings is 1. The molecule has 98 valence electrons. The minimum Gasteiger partial charge on any atom is -0.268 e. The molecule has 0 saturated carbocycles. The molecule has 0 aromatic heterocycles. The van der Waals surface area contributed by atoms with Gasteiger partial charge in [0.2, 0.25) is 0 Å². The summed E-state index contributed by atoms with van der Waals surface area (Å²) in [5.41, 5.74) is 0.918. The first-order valence-electron chi connectivity index (χ1n) is 5.66. The lowest BCUT2D eigenvalue weighted by molar-refractivity contribution is -0.122. The lowest BCUT2D eigenvalue weighted by Crippen LogP contribution is -2.27. The Kier molecular flexibility index (Phi) is 4.50. The largest absolute Gasteiger partial charge is 0.293 e. The van der Waals surface area contributed by atoms with E-state index in [4.69, 9.17) is 0 Å². The highest BCUT2D eigenvalue weighted by molar-refractivity contribution is 8.18. The summed E-state index contributed by atoms with van der Waals surface area (Å²) < 4.78 is 0. The number of imide groups is 1. The van der Waals surface area contributed by atoms with Crippen LogP contribution in [0.5, 0.6) is 0 Å². The van der Waals surface area contributed by atoms with Gasteiger partial charge in [-0.3, -0.25) is 14.5 Å². The molecular formula is C14H13NO2S2. The van der Waals surface area contributed by atoms with E-state index in [1.54, 1.807) is 23.9 Å². The van der Waals surface area contributed by atoms with Crippen LogP contribution in [-0.4, -0.2) is 28.8 Å². The summed E-state index contributed by atoms with van der Waals surface area (Å²) in [5.74, 6) is -0.246. The number of carbonyl (C=O) groups excluding carboxylic acids is 2. The predicted molar refractivity (Wildman–Crippen MR) is 81.1 cm³/mol. The van der Waals surface area contributed by atoms with Gasteiger partial charge in [-0.05, 0) is 41.8 Å². The summed E-state index contributed by atoms with van der Waals surface area (Å²) in [6.45, 7) is 3.80. The molecule has 1 fully saturated rings. The lowest BCUT2D eigenvalue weighted by atomic mass is 10.2. The first kappa shape index (κ1) is 14.0. The quantitative estimate of drug-likeness (QED) is 0.482. The third kappa shape index (κ3) is 3.11. The van der Waals surface area contributed by atoms with Crippen LogP contribution in [0.1, 0.15) is 5.56 Å². The maximum Gasteiger partial charge on any atom is 0.293 e. The molecule has 3 nitrogen and oxygen atoms in total. The molecule has 0 bridgehead atoms. The fraction of sp³-hybridized carbons (Fsp3) is 0.143. The molecule has 2 rings (SSSR count). The Balaban J connectivity index is 2.21. The number of hydrogen-bond acceptors (Lipinski definition) is 4. The molecule has 5 heteroatoms. The van der Waals surface area contributed by atoms with Crippen molar-refractivity contribution in [2.45, 2.75) is 4.90 Å². The van der Waals surface area contributed by atoms with Gasteiger partial charge in [-0.25, -0.2) is 0 Å². The molecule has 19 heavy (non-hydrogen) atoms. The second-order valence-electron chi connectivity index (χ2n) is 3.85. The van der Waals surface area contributed by atoms with Crippen LogP contribution in [0.25, 0.3) is 6.08 Å². The van der Waals surface area contributed by atoms with Gasteiger partial charge in [0.25, 0.3) is 11.1 Å². The van der Waals surface area contributed by atoms with Crippen molar-refractivity contribution in [2.75, 3.05) is 12.8 Å². The zero-order chi connectivity index (χ0) is 13.8. The predicted octanol–water partition coefficient (Wildman–Crippen LogP) is 3.63. The molecule has 0 aliphatic carbocycles. The number of rotatable bonds is 4. The first-order valence-corrected chi connectivity index (χ1v) is 7.70. The zero-order valence-electron chi connectivity index (χ0n) is 10.5. The molecule has 0 radical (unpaired) electrons. The zero-order valence-corrected chi connectivity index (χ0v) is 12.1. The molecular weight excluding hydrogens is 278 g/mol. The average Bonchev–Trinajstić information content (AvgIpc) is 2.68. The Labute approximate surface area is 120 Å². The molecule has 0 N–H and O–H groups in total. The maximum absolute atomic E-state index is 12.0. The van der Waals surface area contributed by atoms with Gasteiger partial charge in [0, 0.05) is 11.4 Å². The van der Waals surface area contributed by atoms with Gasteiger partial charge in [0.15, 0.2) is 0 Å². The number of carbonyl (C=O) groups is 2. The average molecular weight is 291 g/mol. The van der Waals surface area contributed by atoms with Crippen LogP contribution in [-0.2, 0) is 4.79 Å². The number of nitrogens with zero attached hydrogens (tertiary/aromatic N) is 1. The summed E-state index contributed by atoms with van der Waals surface area (Å²) in [6, 6.07) is 7.86. The highest BCUT2D eigenvalue weighted by Crippen LogP contribution is 2.32. The molecule has 1 aromatic carbocycles. The Bertz CT molecular complexity index is 549.